The van der Waals surface area contributed by atoms with Crippen molar-refractivity contribution >= 4 is 22.6 Å². The van der Waals surface area contributed by atoms with E-state index in [1.807, 2.05) is 60.7 Å². The summed E-state index contributed by atoms with van der Waals surface area (Å²) in [5.41, 5.74) is 2.29. The molecule has 38 heavy (non-hydrogen) atoms. The van der Waals surface area contributed by atoms with Crippen molar-refractivity contribution in [1.82, 2.24) is 9.80 Å². The number of methoxy groups -OCH3 is 1. The summed E-state index contributed by atoms with van der Waals surface area (Å²) in [5, 5.41) is 12.3. The fraction of sp³-hybridized carbons (Fsp3) is 0.355. The molecule has 0 aliphatic carbocycles. The van der Waals surface area contributed by atoms with E-state index in [0.29, 0.717) is 35.7 Å². The van der Waals surface area contributed by atoms with Crippen molar-refractivity contribution in [2.45, 2.75) is 25.4 Å². The number of ether oxygens (including phenoxy) is 2. The number of imide groups is 1. The van der Waals surface area contributed by atoms with Crippen LogP contribution in [0.25, 0.3) is 10.8 Å². The molecule has 1 saturated heterocycles. The monoisotopic (exact) mass is 514 g/mol. The molecule has 2 aliphatic rings. The number of piperidine rings is 1. The zero-order chi connectivity index (χ0) is 26.6. The summed E-state index contributed by atoms with van der Waals surface area (Å²) in [6, 6.07) is 17.0. The zero-order valence-corrected chi connectivity index (χ0v) is 21.8. The maximum absolute atomic E-state index is 13.2. The molecule has 3 aromatic rings. The third-order valence-corrected chi connectivity index (χ3v) is 7.51. The molecule has 2 heterocycles. The maximum Gasteiger partial charge on any atom is 0.261 e. The molecule has 1 N–H and O–H groups in total. The van der Waals surface area contributed by atoms with Crippen LogP contribution in [-0.4, -0.2) is 72.7 Å². The quantitative estimate of drug-likeness (QED) is 0.321. The SMILES string of the molecule is C=CCc1ccc(OC[C@@H](O)CN2CCC(CN3C(=O)c4cccc5cccc(c45)C3=O)CC2)c(OC)c1. The lowest BCUT2D eigenvalue weighted by Crippen LogP contribution is -2.46. The summed E-state index contributed by atoms with van der Waals surface area (Å²) in [6.07, 6.45) is 3.65. The molecular weight excluding hydrogens is 480 g/mol. The number of hydrogen-bond donors (Lipinski definition) is 1. The molecule has 0 radical (unpaired) electrons. The summed E-state index contributed by atoms with van der Waals surface area (Å²) in [4.78, 5) is 30.1. The molecule has 0 bridgehead atoms. The Morgan fingerprint density at radius 3 is 2.34 bits per heavy atom. The predicted octanol–water partition coefficient (Wildman–Crippen LogP) is 4.32. The first-order valence-electron chi connectivity index (χ1n) is 13.2. The fourth-order valence-corrected chi connectivity index (χ4v) is 5.52. The molecule has 198 valence electrons. The predicted molar refractivity (Wildman–Crippen MR) is 147 cm³/mol. The summed E-state index contributed by atoms with van der Waals surface area (Å²) in [7, 11) is 1.60. The first kappa shape index (κ1) is 25.9. The summed E-state index contributed by atoms with van der Waals surface area (Å²) >= 11 is 0. The number of nitrogens with zero attached hydrogens (tertiary/aromatic N) is 2. The highest BCUT2D eigenvalue weighted by Crippen LogP contribution is 2.32. The second-order valence-corrected chi connectivity index (χ2v) is 10.1. The van der Waals surface area contributed by atoms with Gasteiger partial charge in [0.15, 0.2) is 11.5 Å². The highest BCUT2D eigenvalue weighted by molar-refractivity contribution is 6.25. The molecule has 7 nitrogen and oxygen atoms in total. The molecule has 0 spiro atoms. The minimum atomic E-state index is -0.647. The average Bonchev–Trinajstić information content (AvgIpc) is 2.94. The minimum absolute atomic E-state index is 0.166. The Labute approximate surface area is 223 Å². The van der Waals surface area contributed by atoms with Gasteiger partial charge in [-0.3, -0.25) is 14.5 Å². The van der Waals surface area contributed by atoms with E-state index < -0.39 is 6.10 Å². The van der Waals surface area contributed by atoms with Gasteiger partial charge in [-0.1, -0.05) is 36.4 Å². The summed E-state index contributed by atoms with van der Waals surface area (Å²) in [6.45, 7) is 6.44. The van der Waals surface area contributed by atoms with E-state index in [2.05, 4.69) is 11.5 Å². The number of aliphatic hydroxyl groups is 1. The summed E-state index contributed by atoms with van der Waals surface area (Å²) < 4.78 is 11.3. The number of allylic oxidation sites excluding steroid dienone is 1. The van der Waals surface area contributed by atoms with Crippen LogP contribution in [0, 0.1) is 5.92 Å². The van der Waals surface area contributed by atoms with Gasteiger partial charge in [-0.05, 0) is 73.5 Å². The first-order valence-corrected chi connectivity index (χ1v) is 13.2. The van der Waals surface area contributed by atoms with Gasteiger partial charge in [0.2, 0.25) is 0 Å². The lowest BCUT2D eigenvalue weighted by atomic mass is 9.91. The van der Waals surface area contributed by atoms with Gasteiger partial charge in [0.05, 0.1) is 7.11 Å². The first-order chi connectivity index (χ1) is 18.5. The number of aliphatic hydroxyl groups excluding tert-OH is 1. The molecule has 7 heteroatoms. The van der Waals surface area contributed by atoms with Crippen LogP contribution in [0.5, 0.6) is 11.5 Å². The maximum atomic E-state index is 13.2. The molecule has 1 atom stereocenters. The smallest absolute Gasteiger partial charge is 0.261 e. The van der Waals surface area contributed by atoms with Gasteiger partial charge in [0, 0.05) is 29.6 Å². The largest absolute Gasteiger partial charge is 0.493 e. The molecule has 5 rings (SSSR count). The lowest BCUT2D eigenvalue weighted by Gasteiger charge is -2.36. The topological polar surface area (TPSA) is 79.3 Å². The van der Waals surface area contributed by atoms with E-state index in [0.717, 1.165) is 48.7 Å². The van der Waals surface area contributed by atoms with Crippen LogP contribution in [-0.2, 0) is 6.42 Å². The highest BCUT2D eigenvalue weighted by atomic mass is 16.5. The van der Waals surface area contributed by atoms with Crippen molar-refractivity contribution in [3.63, 3.8) is 0 Å². The van der Waals surface area contributed by atoms with Gasteiger partial charge >= 0.3 is 0 Å². The molecule has 3 aromatic carbocycles. The lowest BCUT2D eigenvalue weighted by molar-refractivity contribution is 0.0450. The number of hydrogen-bond acceptors (Lipinski definition) is 6. The normalized spacial score (nSPS) is 17.1. The third-order valence-electron chi connectivity index (χ3n) is 7.51. The van der Waals surface area contributed by atoms with Crippen LogP contribution in [0.1, 0.15) is 39.1 Å². The molecule has 0 unspecified atom stereocenters. The second-order valence-electron chi connectivity index (χ2n) is 10.1. The van der Waals surface area contributed by atoms with Gasteiger partial charge in [-0.2, -0.15) is 0 Å². The Bertz CT molecular complexity index is 1290. The Morgan fingerprint density at radius 2 is 1.71 bits per heavy atom. The Morgan fingerprint density at radius 1 is 1.03 bits per heavy atom. The summed E-state index contributed by atoms with van der Waals surface area (Å²) in [5.74, 6) is 1.06. The van der Waals surface area contributed by atoms with Crippen molar-refractivity contribution in [3.8, 4) is 11.5 Å². The van der Waals surface area contributed by atoms with Crippen molar-refractivity contribution in [2.75, 3.05) is 39.9 Å². The molecule has 0 aromatic heterocycles. The van der Waals surface area contributed by atoms with E-state index >= 15 is 0 Å². The number of carbonyl (C=O) groups excluding carboxylic acids is 2. The van der Waals surface area contributed by atoms with Crippen LogP contribution < -0.4 is 9.47 Å². The Hall–Kier alpha value is -3.68. The highest BCUT2D eigenvalue weighted by Gasteiger charge is 2.35. The van der Waals surface area contributed by atoms with Crippen LogP contribution in [0.2, 0.25) is 0 Å². The van der Waals surface area contributed by atoms with E-state index in [1.54, 1.807) is 7.11 Å². The molecule has 2 amide bonds. The standard InChI is InChI=1S/C31H34N2O5/c1-3-6-21-11-12-27(28(17-21)37-2)38-20-24(34)19-32-15-13-22(14-16-32)18-33-30(35)25-9-4-7-23-8-5-10-26(29(23)25)31(33)36/h3-5,7-12,17,22,24,34H,1,6,13-16,18-20H2,2H3/t24-/m0/s1. The zero-order valence-electron chi connectivity index (χ0n) is 21.8. The molecule has 1 fully saturated rings. The van der Waals surface area contributed by atoms with E-state index in [-0.39, 0.29) is 24.3 Å². The van der Waals surface area contributed by atoms with Crippen molar-refractivity contribution in [3.05, 3.63) is 83.9 Å². The second kappa shape index (κ2) is 11.4. The Balaban J connectivity index is 1.12. The number of carbonyl (C=O) groups is 2. The van der Waals surface area contributed by atoms with Crippen molar-refractivity contribution < 1.29 is 24.2 Å². The fourth-order valence-electron chi connectivity index (χ4n) is 5.52. The van der Waals surface area contributed by atoms with Crippen LogP contribution in [0.3, 0.4) is 0 Å². The average molecular weight is 515 g/mol. The third kappa shape index (κ3) is 5.30. The van der Waals surface area contributed by atoms with Gasteiger partial charge in [0.1, 0.15) is 12.7 Å². The van der Waals surface area contributed by atoms with E-state index in [4.69, 9.17) is 9.47 Å². The molecular formula is C31H34N2O5. The van der Waals surface area contributed by atoms with E-state index in [9.17, 15) is 14.7 Å². The number of benzene rings is 3. The van der Waals surface area contributed by atoms with Gasteiger partial charge < -0.3 is 19.5 Å². The van der Waals surface area contributed by atoms with Gasteiger partial charge in [-0.25, -0.2) is 0 Å². The number of amides is 2. The number of rotatable bonds is 10. The van der Waals surface area contributed by atoms with Crippen molar-refractivity contribution in [2.24, 2.45) is 5.92 Å². The molecule has 0 saturated carbocycles. The minimum Gasteiger partial charge on any atom is -0.493 e. The Kier molecular flexibility index (Phi) is 7.77. The van der Waals surface area contributed by atoms with Crippen LogP contribution >= 0.6 is 0 Å². The van der Waals surface area contributed by atoms with Crippen LogP contribution in [0.15, 0.2) is 67.3 Å². The van der Waals surface area contributed by atoms with Gasteiger partial charge in [0.25, 0.3) is 11.8 Å². The van der Waals surface area contributed by atoms with Crippen molar-refractivity contribution in [1.29, 1.82) is 0 Å². The molecule has 2 aliphatic heterocycles. The number of β-amino-alcohol motifs (C(OH)–C–C–N with tert-alkyl or cyclic N) is 1. The van der Waals surface area contributed by atoms with E-state index in [1.165, 1.54) is 4.90 Å². The van der Waals surface area contributed by atoms with Crippen LogP contribution in [0.4, 0.5) is 0 Å². The number of likely N-dealkylation sites (tertiary alicyclic amines) is 1. The van der Waals surface area contributed by atoms with Gasteiger partial charge in [-0.15, -0.1) is 6.58 Å².